The van der Waals surface area contributed by atoms with Gasteiger partial charge in [-0.1, -0.05) is 0 Å². The number of anilines is 1. The van der Waals surface area contributed by atoms with E-state index < -0.39 is 5.97 Å². The number of nitrogens with one attached hydrogen (secondary N) is 1. The molecule has 1 N–H and O–H groups in total. The minimum absolute atomic E-state index is 0.227. The van der Waals surface area contributed by atoms with E-state index in [-0.39, 0.29) is 5.82 Å². The lowest BCUT2D eigenvalue weighted by molar-refractivity contribution is 0.0508. The van der Waals surface area contributed by atoms with E-state index in [9.17, 15) is 4.79 Å². The standard InChI is InChI=1S/C7H10ClN3O2/c1-3-13-7(12)6-9-5(10-8)4-11(6)2/h4,10H,3H2,1-2H3. The predicted molar refractivity (Wildman–Crippen MR) is 48.6 cm³/mol. The Hall–Kier alpha value is -1.23. The van der Waals surface area contributed by atoms with E-state index in [0.717, 1.165) is 0 Å². The van der Waals surface area contributed by atoms with Gasteiger partial charge in [-0.15, -0.1) is 0 Å². The highest BCUT2D eigenvalue weighted by molar-refractivity contribution is 6.23. The molecular weight excluding hydrogens is 194 g/mol. The molecular formula is C7H10ClN3O2. The van der Waals surface area contributed by atoms with E-state index in [4.69, 9.17) is 16.5 Å². The molecule has 0 spiro atoms. The summed E-state index contributed by atoms with van der Waals surface area (Å²) in [5.74, 6) is 0.195. The van der Waals surface area contributed by atoms with Gasteiger partial charge in [-0.25, -0.2) is 9.78 Å². The second kappa shape index (κ2) is 4.13. The first-order valence-corrected chi connectivity index (χ1v) is 4.14. The van der Waals surface area contributed by atoms with Crippen LogP contribution in [0, 0.1) is 0 Å². The van der Waals surface area contributed by atoms with Crippen LogP contribution in [0.3, 0.4) is 0 Å². The number of halogens is 1. The Morgan fingerprint density at radius 2 is 2.54 bits per heavy atom. The van der Waals surface area contributed by atoms with Gasteiger partial charge in [0.1, 0.15) is 0 Å². The van der Waals surface area contributed by atoms with Crippen LogP contribution in [0.2, 0.25) is 0 Å². The predicted octanol–water partition coefficient (Wildman–Crippen LogP) is 1.16. The van der Waals surface area contributed by atoms with Crippen LogP contribution in [-0.4, -0.2) is 22.1 Å². The van der Waals surface area contributed by atoms with Crippen molar-refractivity contribution < 1.29 is 9.53 Å². The summed E-state index contributed by atoms with van der Waals surface area (Å²) >= 11 is 5.32. The Morgan fingerprint density at radius 1 is 1.85 bits per heavy atom. The summed E-state index contributed by atoms with van der Waals surface area (Å²) in [6, 6.07) is 0. The van der Waals surface area contributed by atoms with Crippen LogP contribution in [0.25, 0.3) is 0 Å². The van der Waals surface area contributed by atoms with Gasteiger partial charge in [-0.3, -0.25) is 4.84 Å². The maximum absolute atomic E-state index is 11.2. The van der Waals surface area contributed by atoms with E-state index in [0.29, 0.717) is 12.4 Å². The van der Waals surface area contributed by atoms with Crippen molar-refractivity contribution in [3.63, 3.8) is 0 Å². The highest BCUT2D eigenvalue weighted by Gasteiger charge is 2.13. The summed E-state index contributed by atoms with van der Waals surface area (Å²) in [4.78, 5) is 17.4. The van der Waals surface area contributed by atoms with Gasteiger partial charge < -0.3 is 9.30 Å². The number of hydrogen-bond acceptors (Lipinski definition) is 4. The lowest BCUT2D eigenvalue weighted by Gasteiger charge is -1.99. The van der Waals surface area contributed by atoms with Crippen LogP contribution in [-0.2, 0) is 11.8 Å². The number of ether oxygens (including phenoxy) is 1. The fourth-order valence-electron chi connectivity index (χ4n) is 0.897. The van der Waals surface area contributed by atoms with Gasteiger partial charge in [0.25, 0.3) is 0 Å². The minimum Gasteiger partial charge on any atom is -0.460 e. The maximum atomic E-state index is 11.2. The van der Waals surface area contributed by atoms with Crippen LogP contribution in [0.1, 0.15) is 17.5 Å². The molecule has 0 fully saturated rings. The number of carbonyl (C=O) groups excluding carboxylic acids is 1. The molecule has 1 aromatic rings. The normalized spacial score (nSPS) is 9.77. The zero-order valence-corrected chi connectivity index (χ0v) is 8.13. The molecule has 13 heavy (non-hydrogen) atoms. The SMILES string of the molecule is CCOC(=O)c1nc(NCl)cn1C. The summed E-state index contributed by atoms with van der Waals surface area (Å²) in [6.07, 6.45) is 1.60. The fourth-order valence-corrected chi connectivity index (χ4v) is 0.988. The zero-order chi connectivity index (χ0) is 9.84. The molecule has 1 aromatic heterocycles. The molecule has 1 rings (SSSR count). The van der Waals surface area contributed by atoms with E-state index in [1.165, 1.54) is 0 Å². The first-order valence-electron chi connectivity index (χ1n) is 3.76. The first kappa shape index (κ1) is 9.85. The van der Waals surface area contributed by atoms with Gasteiger partial charge in [-0.05, 0) is 6.92 Å². The third-order valence-electron chi connectivity index (χ3n) is 1.43. The number of esters is 1. The number of aryl methyl sites for hydroxylation is 1. The lowest BCUT2D eigenvalue weighted by Crippen LogP contribution is -2.10. The molecule has 0 radical (unpaired) electrons. The van der Waals surface area contributed by atoms with E-state index in [1.807, 2.05) is 0 Å². The zero-order valence-electron chi connectivity index (χ0n) is 7.37. The molecule has 0 amide bonds. The van der Waals surface area contributed by atoms with Crippen LogP contribution < -0.4 is 4.84 Å². The van der Waals surface area contributed by atoms with Crippen molar-refractivity contribution in [3.8, 4) is 0 Å². The molecule has 0 aromatic carbocycles. The Balaban J connectivity index is 2.87. The number of hydrogen-bond donors (Lipinski definition) is 1. The minimum atomic E-state index is -0.455. The molecule has 6 heteroatoms. The number of aromatic nitrogens is 2. The molecule has 0 aliphatic carbocycles. The highest BCUT2D eigenvalue weighted by atomic mass is 35.5. The molecule has 1 heterocycles. The van der Waals surface area contributed by atoms with Crippen molar-refractivity contribution >= 4 is 23.6 Å². The largest absolute Gasteiger partial charge is 0.460 e. The van der Waals surface area contributed by atoms with E-state index >= 15 is 0 Å². The topological polar surface area (TPSA) is 56.1 Å². The molecule has 5 nitrogen and oxygen atoms in total. The smallest absolute Gasteiger partial charge is 0.374 e. The molecule has 0 aliphatic heterocycles. The Morgan fingerprint density at radius 3 is 3.00 bits per heavy atom. The van der Waals surface area contributed by atoms with Crippen molar-refractivity contribution in [2.45, 2.75) is 6.92 Å². The van der Waals surface area contributed by atoms with Crippen LogP contribution in [0.15, 0.2) is 6.20 Å². The summed E-state index contributed by atoms with van der Waals surface area (Å²) in [5, 5.41) is 0. The van der Waals surface area contributed by atoms with Crippen LogP contribution >= 0.6 is 11.8 Å². The van der Waals surface area contributed by atoms with Gasteiger partial charge in [0.05, 0.1) is 6.61 Å². The number of rotatable bonds is 3. The van der Waals surface area contributed by atoms with Gasteiger partial charge in [-0.2, -0.15) is 0 Å². The van der Waals surface area contributed by atoms with Gasteiger partial charge in [0.2, 0.25) is 5.82 Å². The Kier molecular flexibility index (Phi) is 3.13. The van der Waals surface area contributed by atoms with E-state index in [2.05, 4.69) is 9.82 Å². The summed E-state index contributed by atoms with van der Waals surface area (Å²) in [7, 11) is 1.69. The third kappa shape index (κ3) is 2.12. The van der Waals surface area contributed by atoms with Crippen molar-refractivity contribution in [2.24, 2.45) is 7.05 Å². The van der Waals surface area contributed by atoms with Crippen molar-refractivity contribution in [1.82, 2.24) is 9.55 Å². The first-order chi connectivity index (χ1) is 6.19. The van der Waals surface area contributed by atoms with Crippen molar-refractivity contribution in [1.29, 1.82) is 0 Å². The molecule has 0 unspecified atom stereocenters. The summed E-state index contributed by atoms with van der Waals surface area (Å²) in [5.41, 5.74) is 0. The summed E-state index contributed by atoms with van der Waals surface area (Å²) < 4.78 is 6.32. The molecule has 0 saturated carbocycles. The maximum Gasteiger partial charge on any atom is 0.374 e. The van der Waals surface area contributed by atoms with Crippen molar-refractivity contribution in [2.75, 3.05) is 11.4 Å². The molecule has 0 aliphatic rings. The van der Waals surface area contributed by atoms with E-state index in [1.54, 1.807) is 24.7 Å². The number of imidazole rings is 1. The number of nitrogens with zero attached hydrogens (tertiary/aromatic N) is 2. The monoisotopic (exact) mass is 203 g/mol. The van der Waals surface area contributed by atoms with Gasteiger partial charge in [0.15, 0.2) is 5.82 Å². The quantitative estimate of drug-likeness (QED) is 0.592. The Labute approximate surface area is 80.8 Å². The number of carbonyl (C=O) groups is 1. The lowest BCUT2D eigenvalue weighted by atomic mass is 10.6. The average molecular weight is 204 g/mol. The Bertz CT molecular complexity index is 311. The second-order valence-corrected chi connectivity index (χ2v) is 2.56. The average Bonchev–Trinajstić information content (AvgIpc) is 2.47. The molecule has 0 bridgehead atoms. The molecule has 72 valence electrons. The fraction of sp³-hybridized carbons (Fsp3) is 0.429. The van der Waals surface area contributed by atoms with Crippen molar-refractivity contribution in [3.05, 3.63) is 12.0 Å². The molecule has 0 atom stereocenters. The van der Waals surface area contributed by atoms with Crippen LogP contribution in [0.5, 0.6) is 0 Å². The summed E-state index contributed by atoms with van der Waals surface area (Å²) in [6.45, 7) is 2.07. The third-order valence-corrected chi connectivity index (χ3v) is 1.62. The van der Waals surface area contributed by atoms with Gasteiger partial charge in [0, 0.05) is 25.0 Å². The van der Waals surface area contributed by atoms with Gasteiger partial charge >= 0.3 is 5.97 Å². The second-order valence-electron chi connectivity index (χ2n) is 2.38. The highest BCUT2D eigenvalue weighted by Crippen LogP contribution is 2.08. The van der Waals surface area contributed by atoms with Crippen LogP contribution in [0.4, 0.5) is 5.82 Å². The molecule has 0 saturated heterocycles.